The molecule has 0 N–H and O–H groups in total. The summed E-state index contributed by atoms with van der Waals surface area (Å²) in [4.78, 5) is 26.9. The van der Waals surface area contributed by atoms with Gasteiger partial charge in [-0.05, 0) is 62.5 Å². The lowest BCUT2D eigenvalue weighted by Crippen LogP contribution is -2.29. The molecule has 1 saturated carbocycles. The Morgan fingerprint density at radius 2 is 2.00 bits per heavy atom. The van der Waals surface area contributed by atoms with Crippen LogP contribution in [-0.4, -0.2) is 59.4 Å². The van der Waals surface area contributed by atoms with Gasteiger partial charge in [-0.2, -0.15) is 13.2 Å². The van der Waals surface area contributed by atoms with Crippen LogP contribution in [0.2, 0.25) is 0 Å². The number of pyridine rings is 1. The van der Waals surface area contributed by atoms with Gasteiger partial charge in [0.05, 0.1) is 12.6 Å². The monoisotopic (exact) mass is 506 g/mol. The molecule has 0 unspecified atom stereocenters. The average molecular weight is 507 g/mol. The Kier molecular flexibility index (Phi) is 8.77. The van der Waals surface area contributed by atoms with E-state index in [1.807, 2.05) is 12.3 Å². The highest BCUT2D eigenvalue weighted by atomic mass is 19.4. The molecule has 4 rings (SSSR count). The number of aromatic nitrogens is 2. The number of hydrogen-bond donors (Lipinski definition) is 0. The summed E-state index contributed by atoms with van der Waals surface area (Å²) in [5.41, 5.74) is 1.93. The number of ether oxygens (including phenoxy) is 1. The van der Waals surface area contributed by atoms with Gasteiger partial charge in [0.2, 0.25) is 5.88 Å². The molecule has 10 heteroatoms. The molecule has 0 bridgehead atoms. The highest BCUT2D eigenvalue weighted by Crippen LogP contribution is 2.30. The van der Waals surface area contributed by atoms with Crippen molar-refractivity contribution >= 4 is 12.1 Å². The number of aryl methyl sites for hydroxylation is 1. The smallest absolute Gasteiger partial charge is 0.422 e. The molecular formula is C26H33F3N4O3. The van der Waals surface area contributed by atoms with E-state index in [4.69, 9.17) is 9.15 Å². The van der Waals surface area contributed by atoms with Gasteiger partial charge in [0, 0.05) is 44.4 Å². The van der Waals surface area contributed by atoms with Crippen molar-refractivity contribution in [2.24, 2.45) is 16.8 Å². The topological polar surface area (TPSA) is 80.8 Å². The third-order valence-electron chi connectivity index (χ3n) is 6.96. The van der Waals surface area contributed by atoms with Crippen molar-refractivity contribution in [2.75, 3.05) is 26.2 Å². The molecule has 0 radical (unpaired) electrons. The molecule has 3 heterocycles. The first-order valence-electron chi connectivity index (χ1n) is 12.6. The van der Waals surface area contributed by atoms with Crippen LogP contribution in [0, 0.1) is 18.8 Å². The molecule has 36 heavy (non-hydrogen) atoms. The number of nitrogens with zero attached hydrogens (tertiary/aromatic N) is 4. The molecule has 7 nitrogen and oxygen atoms in total. The first kappa shape index (κ1) is 26.3. The summed E-state index contributed by atoms with van der Waals surface area (Å²) < 4.78 is 47.4. The Labute approximate surface area is 209 Å². The zero-order valence-corrected chi connectivity index (χ0v) is 20.6. The van der Waals surface area contributed by atoms with Gasteiger partial charge < -0.3 is 14.1 Å². The minimum atomic E-state index is -4.37. The predicted molar refractivity (Wildman–Crippen MR) is 128 cm³/mol. The fourth-order valence-electron chi connectivity index (χ4n) is 4.93. The molecular weight excluding hydrogens is 473 g/mol. The number of carbonyl (C=O) groups is 1. The molecule has 0 spiro atoms. The van der Waals surface area contributed by atoms with E-state index in [0.29, 0.717) is 29.9 Å². The molecule has 0 atom stereocenters. The van der Waals surface area contributed by atoms with Crippen LogP contribution < -0.4 is 4.74 Å². The van der Waals surface area contributed by atoms with Crippen molar-refractivity contribution < 1.29 is 27.1 Å². The standard InChI is InChI=1S/C26H33F3N4O3/c1-18-30-16-22(36-18)14-24(34)31-15-20-4-2-19(3-5-20)8-11-33-12-9-21-6-7-25(32-23(21)10-13-33)35-17-26(27,28)29/h6-7,15-16,19-20H,2-5,8-14,17H2,1H3. The normalized spacial score (nSPS) is 21.3. The number of oxazole rings is 1. The van der Waals surface area contributed by atoms with Crippen LogP contribution in [0.5, 0.6) is 5.88 Å². The number of aliphatic imine (C=N–C) groups is 1. The van der Waals surface area contributed by atoms with E-state index in [9.17, 15) is 18.0 Å². The van der Waals surface area contributed by atoms with Gasteiger partial charge in [-0.3, -0.25) is 4.79 Å². The van der Waals surface area contributed by atoms with E-state index < -0.39 is 12.8 Å². The minimum absolute atomic E-state index is 0.0367. The predicted octanol–water partition coefficient (Wildman–Crippen LogP) is 4.76. The van der Waals surface area contributed by atoms with Gasteiger partial charge in [0.25, 0.3) is 5.91 Å². The van der Waals surface area contributed by atoms with Crippen molar-refractivity contribution in [1.29, 1.82) is 0 Å². The third kappa shape index (κ3) is 8.15. The van der Waals surface area contributed by atoms with E-state index in [-0.39, 0.29) is 18.2 Å². The Morgan fingerprint density at radius 3 is 2.72 bits per heavy atom. The molecule has 1 fully saturated rings. The fraction of sp³-hybridized carbons (Fsp3) is 0.615. The van der Waals surface area contributed by atoms with Crippen LogP contribution in [0.25, 0.3) is 0 Å². The molecule has 2 aliphatic rings. The number of hydrogen-bond acceptors (Lipinski definition) is 6. The lowest BCUT2D eigenvalue weighted by Gasteiger charge is -2.28. The second kappa shape index (κ2) is 12.0. The average Bonchev–Trinajstić information content (AvgIpc) is 3.14. The molecule has 1 amide bonds. The largest absolute Gasteiger partial charge is 0.468 e. The molecule has 2 aromatic heterocycles. The Hall–Kier alpha value is -2.75. The van der Waals surface area contributed by atoms with E-state index in [1.54, 1.807) is 13.1 Å². The van der Waals surface area contributed by atoms with Crippen molar-refractivity contribution in [2.45, 2.75) is 64.5 Å². The van der Waals surface area contributed by atoms with Crippen molar-refractivity contribution in [3.63, 3.8) is 0 Å². The van der Waals surface area contributed by atoms with Crippen molar-refractivity contribution in [1.82, 2.24) is 14.9 Å². The van der Waals surface area contributed by atoms with E-state index in [0.717, 1.165) is 69.4 Å². The number of halogens is 3. The second-order valence-electron chi connectivity index (χ2n) is 9.76. The van der Waals surface area contributed by atoms with Crippen LogP contribution in [0.1, 0.15) is 55.0 Å². The lowest BCUT2D eigenvalue weighted by atomic mass is 9.81. The highest BCUT2D eigenvalue weighted by Gasteiger charge is 2.29. The lowest BCUT2D eigenvalue weighted by molar-refractivity contribution is -0.154. The van der Waals surface area contributed by atoms with Crippen LogP contribution in [0.3, 0.4) is 0 Å². The van der Waals surface area contributed by atoms with Crippen LogP contribution in [-0.2, 0) is 24.1 Å². The minimum Gasteiger partial charge on any atom is -0.468 e. The first-order chi connectivity index (χ1) is 17.2. The summed E-state index contributed by atoms with van der Waals surface area (Å²) in [6.07, 6.45) is 6.16. The van der Waals surface area contributed by atoms with Gasteiger partial charge in [-0.25, -0.2) is 15.0 Å². The molecule has 1 aliphatic carbocycles. The fourth-order valence-corrected chi connectivity index (χ4v) is 4.93. The Balaban J connectivity index is 1.16. The summed E-state index contributed by atoms with van der Waals surface area (Å²) in [6, 6.07) is 3.38. The van der Waals surface area contributed by atoms with Crippen molar-refractivity contribution in [3.05, 3.63) is 41.2 Å². The quantitative estimate of drug-likeness (QED) is 0.481. The van der Waals surface area contributed by atoms with Crippen molar-refractivity contribution in [3.8, 4) is 5.88 Å². The van der Waals surface area contributed by atoms with E-state index in [1.165, 1.54) is 6.07 Å². The van der Waals surface area contributed by atoms with Crippen LogP contribution in [0.15, 0.2) is 27.7 Å². The SMILES string of the molecule is Cc1ncc(CC(=O)N=CC2CCC(CCN3CCc4ccc(OCC(F)(F)F)nc4CC3)CC2)o1. The number of amides is 1. The van der Waals surface area contributed by atoms with Gasteiger partial charge in [-0.1, -0.05) is 6.07 Å². The maximum atomic E-state index is 12.4. The molecule has 2 aromatic rings. The van der Waals surface area contributed by atoms with Crippen LogP contribution >= 0.6 is 0 Å². The zero-order valence-electron chi connectivity index (χ0n) is 20.6. The molecule has 1 aliphatic heterocycles. The zero-order chi connectivity index (χ0) is 25.5. The highest BCUT2D eigenvalue weighted by molar-refractivity contribution is 5.86. The summed E-state index contributed by atoms with van der Waals surface area (Å²) in [7, 11) is 0. The van der Waals surface area contributed by atoms with E-state index in [2.05, 4.69) is 19.9 Å². The van der Waals surface area contributed by atoms with E-state index >= 15 is 0 Å². The Bertz CT molecular complexity index is 1050. The maximum absolute atomic E-state index is 12.4. The summed E-state index contributed by atoms with van der Waals surface area (Å²) in [5, 5.41) is 0. The summed E-state index contributed by atoms with van der Waals surface area (Å²) in [6.45, 7) is 3.19. The molecule has 196 valence electrons. The van der Waals surface area contributed by atoms with Gasteiger partial charge >= 0.3 is 6.18 Å². The third-order valence-corrected chi connectivity index (χ3v) is 6.96. The number of fused-ring (bicyclic) bond motifs is 1. The van der Waals surface area contributed by atoms with Gasteiger partial charge in [0.1, 0.15) is 5.76 Å². The molecule has 0 aromatic carbocycles. The Morgan fingerprint density at radius 1 is 1.22 bits per heavy atom. The second-order valence-corrected chi connectivity index (χ2v) is 9.76. The number of rotatable bonds is 8. The van der Waals surface area contributed by atoms with Gasteiger partial charge in [0.15, 0.2) is 12.5 Å². The van der Waals surface area contributed by atoms with Gasteiger partial charge in [-0.15, -0.1) is 0 Å². The van der Waals surface area contributed by atoms with Crippen LogP contribution in [0.4, 0.5) is 13.2 Å². The summed E-state index contributed by atoms with van der Waals surface area (Å²) >= 11 is 0. The number of alkyl halides is 3. The first-order valence-corrected chi connectivity index (χ1v) is 12.6. The number of carbonyl (C=O) groups excluding carboxylic acids is 1. The molecule has 0 saturated heterocycles. The summed E-state index contributed by atoms with van der Waals surface area (Å²) in [5.74, 6) is 1.92. The maximum Gasteiger partial charge on any atom is 0.422 e.